The van der Waals surface area contributed by atoms with Crippen LogP contribution in [0.15, 0.2) is 48.4 Å². The molecule has 138 valence electrons. The molecule has 22 heavy (non-hydrogen) atoms. The molecule has 0 fully saturated rings. The Morgan fingerprint density at radius 3 is 1.09 bits per heavy atom. The van der Waals surface area contributed by atoms with E-state index in [0.717, 1.165) is 6.92 Å². The van der Waals surface area contributed by atoms with Crippen LogP contribution < -0.4 is 0 Å². The highest BCUT2D eigenvalue weighted by Crippen LogP contribution is 3.02. The first-order valence-corrected chi connectivity index (χ1v) is 9.14. The zero-order valence-electron chi connectivity index (χ0n) is 15.1. The predicted octanol–water partition coefficient (Wildman–Crippen LogP) is 9.20. The zero-order valence-corrected chi connectivity index (χ0v) is 15.9. The Morgan fingerprint density at radius 1 is 0.773 bits per heavy atom. The van der Waals surface area contributed by atoms with Gasteiger partial charge in [0.15, 0.2) is 0 Å². The second-order valence-electron chi connectivity index (χ2n) is 2.63. The summed E-state index contributed by atoms with van der Waals surface area (Å²) in [5.41, 5.74) is 0. The predicted molar refractivity (Wildman–Crippen MR) is 96.1 cm³/mol. The molecule has 0 aliphatic rings. The highest BCUT2D eigenvalue weighted by Gasteiger charge is 2.65. The first-order chi connectivity index (χ1) is 9.92. The minimum Gasteiger partial charge on any atom is -0.0991 e. The highest BCUT2D eigenvalue weighted by atomic mass is 32.5. The Hall–Kier alpha value is -1.04. The summed E-state index contributed by atoms with van der Waals surface area (Å²) in [7, 11) is -9.43. The molecular weight excluding hydrogens is 319 g/mol. The van der Waals surface area contributed by atoms with Crippen LogP contribution in [0.5, 0.6) is 0 Å². The largest absolute Gasteiger partial charge is 0.310 e. The summed E-state index contributed by atoms with van der Waals surface area (Å²) in [6.07, 6.45) is 5.99. The summed E-state index contributed by atoms with van der Waals surface area (Å²) >= 11 is 0. The van der Waals surface area contributed by atoms with Gasteiger partial charge in [0.25, 0.3) is 0 Å². The van der Waals surface area contributed by atoms with E-state index >= 15 is 0 Å². The van der Waals surface area contributed by atoms with Gasteiger partial charge in [-0.25, -0.2) is 0 Å². The topological polar surface area (TPSA) is 0 Å². The highest BCUT2D eigenvalue weighted by molar-refractivity contribution is 8.48. The standard InChI is InChI=1S/C5H7F5S.C5H8.3C2H6/c1-3-5(4-2)11(6,7,8,9)10;1-3-5-4-2;3*1-2/h3-4H,1H2,2H3;3-5H,1H2,2H3;3*1-2H3/b5-4+;5-4-;;;. The summed E-state index contributed by atoms with van der Waals surface area (Å²) in [5, 5.41) is 0. The molecule has 0 aromatic carbocycles. The van der Waals surface area contributed by atoms with E-state index in [0.29, 0.717) is 6.08 Å². The maximum atomic E-state index is 11.7. The molecule has 0 aliphatic carbocycles. The van der Waals surface area contributed by atoms with Crippen LogP contribution in [-0.4, -0.2) is 0 Å². The van der Waals surface area contributed by atoms with Crippen LogP contribution >= 0.6 is 10.2 Å². The van der Waals surface area contributed by atoms with Gasteiger partial charge in [-0.2, -0.15) is 0 Å². The molecule has 0 heterocycles. The van der Waals surface area contributed by atoms with Gasteiger partial charge in [-0.15, -0.1) is 0 Å². The summed E-state index contributed by atoms with van der Waals surface area (Å²) < 4.78 is 58.7. The van der Waals surface area contributed by atoms with Crippen LogP contribution in [0.3, 0.4) is 0 Å². The van der Waals surface area contributed by atoms with Gasteiger partial charge in [-0.3, -0.25) is 0 Å². The van der Waals surface area contributed by atoms with E-state index in [-0.39, 0.29) is 6.08 Å². The maximum Gasteiger partial charge on any atom is 0.310 e. The van der Waals surface area contributed by atoms with Crippen LogP contribution in [0, 0.1) is 0 Å². The van der Waals surface area contributed by atoms with E-state index in [2.05, 4.69) is 13.2 Å². The van der Waals surface area contributed by atoms with Crippen molar-refractivity contribution in [3.8, 4) is 0 Å². The van der Waals surface area contributed by atoms with Crippen LogP contribution in [0.25, 0.3) is 0 Å². The summed E-state index contributed by atoms with van der Waals surface area (Å²) in [5.74, 6) is 0. The van der Waals surface area contributed by atoms with Crippen molar-refractivity contribution in [2.45, 2.75) is 55.4 Å². The monoisotopic (exact) mass is 352 g/mol. The molecular formula is C16H33F5S. The van der Waals surface area contributed by atoms with Crippen molar-refractivity contribution in [3.05, 3.63) is 48.4 Å². The molecule has 0 radical (unpaired) electrons. The molecule has 0 amide bonds. The molecule has 0 aliphatic heterocycles. The van der Waals surface area contributed by atoms with Gasteiger partial charge in [0.1, 0.15) is 4.91 Å². The van der Waals surface area contributed by atoms with Gasteiger partial charge in [0.05, 0.1) is 0 Å². The van der Waals surface area contributed by atoms with Gasteiger partial charge in [0, 0.05) is 0 Å². The Morgan fingerprint density at radius 2 is 1.09 bits per heavy atom. The number of rotatable bonds is 3. The second-order valence-corrected chi connectivity index (χ2v) is 5.03. The minimum absolute atomic E-state index is 0.113. The third-order valence-electron chi connectivity index (χ3n) is 1.26. The molecule has 0 atom stereocenters. The maximum absolute atomic E-state index is 11.7. The smallest absolute Gasteiger partial charge is 0.0991 e. The van der Waals surface area contributed by atoms with E-state index in [1.54, 1.807) is 6.08 Å². The van der Waals surface area contributed by atoms with Gasteiger partial charge >= 0.3 is 10.2 Å². The zero-order chi connectivity index (χ0) is 19.5. The molecule has 0 nitrogen and oxygen atoms in total. The third kappa shape index (κ3) is 27.3. The fraction of sp³-hybridized carbons (Fsp3) is 0.500. The van der Waals surface area contributed by atoms with Crippen molar-refractivity contribution in [2.75, 3.05) is 0 Å². The van der Waals surface area contributed by atoms with Crippen molar-refractivity contribution in [3.63, 3.8) is 0 Å². The van der Waals surface area contributed by atoms with Crippen molar-refractivity contribution < 1.29 is 19.4 Å². The lowest BCUT2D eigenvalue weighted by atomic mass is 10.5. The van der Waals surface area contributed by atoms with Crippen LogP contribution in [-0.2, 0) is 0 Å². The van der Waals surface area contributed by atoms with Crippen molar-refractivity contribution in [1.29, 1.82) is 0 Å². The van der Waals surface area contributed by atoms with Crippen molar-refractivity contribution in [1.82, 2.24) is 0 Å². The van der Waals surface area contributed by atoms with Gasteiger partial charge in [-0.1, -0.05) is 98.4 Å². The Labute approximate surface area is 134 Å². The minimum atomic E-state index is -9.43. The Kier molecular flexibility index (Phi) is 22.2. The third-order valence-corrected chi connectivity index (χ3v) is 2.55. The van der Waals surface area contributed by atoms with Crippen LogP contribution in [0.1, 0.15) is 55.4 Å². The lowest BCUT2D eigenvalue weighted by Crippen LogP contribution is -2.06. The molecule has 0 aromatic rings. The first kappa shape index (κ1) is 32.8. The molecule has 0 spiro atoms. The Balaban J connectivity index is -0.0000000733. The quantitative estimate of drug-likeness (QED) is 0.351. The second kappa shape index (κ2) is 14.9. The number of hydrogen-bond acceptors (Lipinski definition) is 0. The van der Waals surface area contributed by atoms with Gasteiger partial charge in [-0.05, 0) is 19.9 Å². The fourth-order valence-electron chi connectivity index (χ4n) is 0.634. The van der Waals surface area contributed by atoms with Crippen LogP contribution in [0.4, 0.5) is 19.4 Å². The summed E-state index contributed by atoms with van der Waals surface area (Å²) in [4.78, 5) is -1.94. The van der Waals surface area contributed by atoms with Crippen molar-refractivity contribution in [2.24, 2.45) is 0 Å². The van der Waals surface area contributed by atoms with E-state index < -0.39 is 15.1 Å². The summed E-state index contributed by atoms with van der Waals surface area (Å²) in [6.45, 7) is 21.0. The van der Waals surface area contributed by atoms with E-state index in [4.69, 9.17) is 0 Å². The normalized spacial score (nSPS) is 13.0. The molecule has 0 bridgehead atoms. The lowest BCUT2D eigenvalue weighted by molar-refractivity contribution is 0.380. The van der Waals surface area contributed by atoms with Crippen LogP contribution in [0.2, 0.25) is 0 Å². The van der Waals surface area contributed by atoms with E-state index in [1.807, 2.05) is 60.6 Å². The van der Waals surface area contributed by atoms with E-state index in [9.17, 15) is 19.4 Å². The molecule has 0 aromatic heterocycles. The Bertz CT molecular complexity index is 310. The molecule has 6 heteroatoms. The average molecular weight is 352 g/mol. The van der Waals surface area contributed by atoms with Gasteiger partial charge < -0.3 is 0 Å². The van der Waals surface area contributed by atoms with Crippen molar-refractivity contribution >= 4 is 10.2 Å². The fourth-order valence-corrected chi connectivity index (χ4v) is 1.39. The van der Waals surface area contributed by atoms with Gasteiger partial charge in [0.2, 0.25) is 0 Å². The van der Waals surface area contributed by atoms with E-state index in [1.165, 1.54) is 0 Å². The number of allylic oxidation sites excluding steroid dienone is 5. The number of hydrogen-bond donors (Lipinski definition) is 0. The SMILES string of the molecule is C=C/C(=C\C)S(F)(F)(F)(F)F.C=C/C=C\C.CC.CC.CC. The molecule has 0 saturated carbocycles. The molecule has 0 N–H and O–H groups in total. The molecule has 0 unspecified atom stereocenters. The first-order valence-electron chi connectivity index (χ1n) is 7.19. The molecule has 0 rings (SSSR count). The lowest BCUT2D eigenvalue weighted by Gasteiger charge is -2.41. The number of halogens is 5. The summed E-state index contributed by atoms with van der Waals surface area (Å²) in [6, 6.07) is 0. The average Bonchev–Trinajstić information content (AvgIpc) is 2.45. The molecule has 0 saturated heterocycles.